The Hall–Kier alpha value is -4.34. The van der Waals surface area contributed by atoms with E-state index < -0.39 is 11.9 Å². The van der Waals surface area contributed by atoms with Crippen LogP contribution in [0.4, 0.5) is 10.1 Å². The number of nitrogens with one attached hydrogen (secondary N) is 2. The lowest BCUT2D eigenvalue weighted by Crippen LogP contribution is -2.49. The van der Waals surface area contributed by atoms with Crippen LogP contribution in [0.5, 0.6) is 5.75 Å². The number of hydrogen-bond donors (Lipinski definition) is 2. The summed E-state index contributed by atoms with van der Waals surface area (Å²) in [5.41, 5.74) is 1.30. The van der Waals surface area contributed by atoms with Crippen molar-refractivity contribution in [3.8, 4) is 5.75 Å². The SMILES string of the molecule is C.CN1C(=O)[C@@H](NC(=O)c2n[nH]c(Cc3cccc(F)c3)n2)COc2ccc3cnccc3c21. The van der Waals surface area contributed by atoms with E-state index in [4.69, 9.17) is 4.74 Å². The second kappa shape index (κ2) is 9.26. The van der Waals surface area contributed by atoms with Gasteiger partial charge in [-0.15, -0.1) is 5.10 Å². The van der Waals surface area contributed by atoms with Crippen molar-refractivity contribution in [3.05, 3.63) is 77.9 Å². The first-order valence-electron chi connectivity index (χ1n) is 10.2. The number of amides is 2. The number of carbonyl (C=O) groups is 2. The first-order chi connectivity index (χ1) is 16.0. The highest BCUT2D eigenvalue weighted by Crippen LogP contribution is 2.37. The first kappa shape index (κ1) is 22.8. The third-order valence-corrected chi connectivity index (χ3v) is 5.42. The number of carbonyl (C=O) groups excluding carboxylic acids is 2. The molecule has 1 aliphatic rings. The van der Waals surface area contributed by atoms with Crippen LogP contribution in [0.15, 0.2) is 54.9 Å². The lowest BCUT2D eigenvalue weighted by molar-refractivity contribution is -0.120. The number of rotatable bonds is 4. The van der Waals surface area contributed by atoms with Crippen molar-refractivity contribution in [2.75, 3.05) is 18.6 Å². The summed E-state index contributed by atoms with van der Waals surface area (Å²) in [4.78, 5) is 35.6. The van der Waals surface area contributed by atoms with Gasteiger partial charge in [0.25, 0.3) is 11.8 Å². The molecular weight excluding hydrogens is 439 g/mol. The number of aromatic amines is 1. The summed E-state index contributed by atoms with van der Waals surface area (Å²) in [6, 6.07) is 10.6. The van der Waals surface area contributed by atoms with E-state index in [1.165, 1.54) is 17.0 Å². The predicted octanol–water partition coefficient (Wildman–Crippen LogP) is 2.87. The smallest absolute Gasteiger partial charge is 0.291 e. The number of aromatic nitrogens is 4. The topological polar surface area (TPSA) is 113 Å². The maximum atomic E-state index is 13.4. The molecule has 0 bridgehead atoms. The lowest BCUT2D eigenvalue weighted by Gasteiger charge is -2.21. The Morgan fingerprint density at radius 1 is 1.29 bits per heavy atom. The summed E-state index contributed by atoms with van der Waals surface area (Å²) in [6.45, 7) is -0.0426. The number of likely N-dealkylation sites (N-methyl/N-ethyl adjacent to an activating group) is 1. The van der Waals surface area contributed by atoms with Crippen LogP contribution in [0.3, 0.4) is 0 Å². The number of nitrogens with zero attached hydrogens (tertiary/aromatic N) is 4. The van der Waals surface area contributed by atoms with Crippen molar-refractivity contribution in [3.63, 3.8) is 0 Å². The van der Waals surface area contributed by atoms with Crippen LogP contribution in [0.1, 0.15) is 29.4 Å². The van der Waals surface area contributed by atoms with Gasteiger partial charge in [0.2, 0.25) is 5.82 Å². The van der Waals surface area contributed by atoms with Crippen molar-refractivity contribution in [2.45, 2.75) is 19.9 Å². The zero-order valence-electron chi connectivity index (χ0n) is 17.6. The van der Waals surface area contributed by atoms with E-state index in [1.807, 2.05) is 12.1 Å². The molecule has 0 radical (unpaired) electrons. The van der Waals surface area contributed by atoms with Crippen LogP contribution in [0.2, 0.25) is 0 Å². The van der Waals surface area contributed by atoms with Crippen molar-refractivity contribution in [1.82, 2.24) is 25.5 Å². The monoisotopic (exact) mass is 462 g/mol. The molecule has 0 spiro atoms. The van der Waals surface area contributed by atoms with E-state index in [9.17, 15) is 14.0 Å². The maximum Gasteiger partial charge on any atom is 0.291 e. The molecule has 2 aromatic carbocycles. The Labute approximate surface area is 195 Å². The minimum absolute atomic E-state index is 0. The molecule has 1 atom stereocenters. The van der Waals surface area contributed by atoms with E-state index in [0.717, 1.165) is 10.8 Å². The van der Waals surface area contributed by atoms with Gasteiger partial charge >= 0.3 is 0 Å². The van der Waals surface area contributed by atoms with E-state index in [-0.39, 0.29) is 38.0 Å². The molecule has 3 heterocycles. The Morgan fingerprint density at radius 2 is 2.15 bits per heavy atom. The lowest BCUT2D eigenvalue weighted by atomic mass is 10.1. The molecule has 2 aromatic heterocycles. The number of hydrogen-bond acceptors (Lipinski definition) is 6. The normalized spacial score (nSPS) is 15.2. The zero-order chi connectivity index (χ0) is 22.9. The summed E-state index contributed by atoms with van der Waals surface area (Å²) >= 11 is 0. The molecule has 10 heteroatoms. The fourth-order valence-corrected chi connectivity index (χ4v) is 3.83. The summed E-state index contributed by atoms with van der Waals surface area (Å²) in [5.74, 6) is -0.481. The quantitative estimate of drug-likeness (QED) is 0.482. The summed E-state index contributed by atoms with van der Waals surface area (Å²) in [6.07, 6.45) is 3.64. The van der Waals surface area contributed by atoms with Crippen molar-refractivity contribution >= 4 is 28.3 Å². The summed E-state index contributed by atoms with van der Waals surface area (Å²) in [7, 11) is 1.64. The second-order valence-corrected chi connectivity index (χ2v) is 7.66. The molecule has 0 saturated carbocycles. The predicted molar refractivity (Wildman–Crippen MR) is 124 cm³/mol. The molecule has 4 aromatic rings. The molecule has 0 aliphatic carbocycles. The standard InChI is InChI=1S/C23H19FN6O3.CH4/c1-30-20-16-7-8-25-11-14(16)5-6-18(20)33-12-17(23(30)32)26-22(31)21-27-19(28-29-21)10-13-3-2-4-15(24)9-13;/h2-9,11,17H,10,12H2,1H3,(H,26,31)(H,27,28,29);1H4/t17-;/m0./s1. The van der Waals surface area contributed by atoms with Gasteiger partial charge in [-0.25, -0.2) is 9.37 Å². The second-order valence-electron chi connectivity index (χ2n) is 7.66. The number of pyridine rings is 1. The number of ether oxygens (including phenoxy) is 1. The molecule has 0 saturated heterocycles. The number of H-pyrrole nitrogens is 1. The molecule has 0 unspecified atom stereocenters. The highest BCUT2D eigenvalue weighted by atomic mass is 19.1. The van der Waals surface area contributed by atoms with E-state index >= 15 is 0 Å². The van der Waals surface area contributed by atoms with Crippen LogP contribution in [0.25, 0.3) is 10.8 Å². The number of benzene rings is 2. The summed E-state index contributed by atoms with van der Waals surface area (Å²) < 4.78 is 19.2. The zero-order valence-corrected chi connectivity index (χ0v) is 17.6. The average Bonchev–Trinajstić information content (AvgIpc) is 3.24. The van der Waals surface area contributed by atoms with Crippen LogP contribution in [0, 0.1) is 5.82 Å². The third-order valence-electron chi connectivity index (χ3n) is 5.42. The highest BCUT2D eigenvalue weighted by Gasteiger charge is 2.32. The number of halogens is 1. The minimum atomic E-state index is -0.933. The molecule has 34 heavy (non-hydrogen) atoms. The van der Waals surface area contributed by atoms with Gasteiger partial charge in [-0.3, -0.25) is 19.7 Å². The Balaban J connectivity index is 0.00000274. The van der Waals surface area contributed by atoms with Gasteiger partial charge in [-0.05, 0) is 35.9 Å². The van der Waals surface area contributed by atoms with Crippen LogP contribution < -0.4 is 15.0 Å². The van der Waals surface area contributed by atoms with Crippen molar-refractivity contribution < 1.29 is 18.7 Å². The van der Waals surface area contributed by atoms with Crippen LogP contribution >= 0.6 is 0 Å². The molecule has 174 valence electrons. The van der Waals surface area contributed by atoms with Crippen LogP contribution in [-0.2, 0) is 11.2 Å². The fourth-order valence-electron chi connectivity index (χ4n) is 3.83. The largest absolute Gasteiger partial charge is 0.489 e. The van der Waals surface area contributed by atoms with E-state index in [1.54, 1.807) is 37.6 Å². The Bertz CT molecular complexity index is 1370. The van der Waals surface area contributed by atoms with Gasteiger partial charge in [-0.2, -0.15) is 0 Å². The number of anilines is 1. The van der Waals surface area contributed by atoms with Gasteiger partial charge in [0, 0.05) is 36.6 Å². The van der Waals surface area contributed by atoms with Gasteiger partial charge in [0.1, 0.15) is 30.0 Å². The molecular formula is C24H23FN6O3. The molecule has 9 nitrogen and oxygen atoms in total. The van der Waals surface area contributed by atoms with Gasteiger partial charge in [0.15, 0.2) is 0 Å². The Morgan fingerprint density at radius 3 is 2.97 bits per heavy atom. The summed E-state index contributed by atoms with van der Waals surface area (Å²) in [5, 5.41) is 11.0. The molecule has 2 amide bonds. The average molecular weight is 462 g/mol. The van der Waals surface area contributed by atoms with Gasteiger partial charge in [0.05, 0.1) is 5.69 Å². The molecule has 2 N–H and O–H groups in total. The molecule has 1 aliphatic heterocycles. The van der Waals surface area contributed by atoms with E-state index in [2.05, 4.69) is 25.5 Å². The molecule has 0 fully saturated rings. The van der Waals surface area contributed by atoms with E-state index in [0.29, 0.717) is 22.8 Å². The first-order valence-corrected chi connectivity index (χ1v) is 10.2. The molecule has 5 rings (SSSR count). The van der Waals surface area contributed by atoms with Crippen molar-refractivity contribution in [1.29, 1.82) is 0 Å². The fraction of sp³-hybridized carbons (Fsp3) is 0.208. The van der Waals surface area contributed by atoms with Crippen molar-refractivity contribution in [2.24, 2.45) is 0 Å². The third kappa shape index (κ3) is 4.29. The van der Waals surface area contributed by atoms with Gasteiger partial charge in [-0.1, -0.05) is 19.6 Å². The maximum absolute atomic E-state index is 13.4. The minimum Gasteiger partial charge on any atom is -0.489 e. The Kier molecular flexibility index (Phi) is 6.22. The van der Waals surface area contributed by atoms with Crippen LogP contribution in [-0.4, -0.2) is 51.7 Å². The number of fused-ring (bicyclic) bond motifs is 3. The van der Waals surface area contributed by atoms with Gasteiger partial charge < -0.3 is 15.0 Å². The highest BCUT2D eigenvalue weighted by molar-refractivity contribution is 6.09.